The van der Waals surface area contributed by atoms with Crippen LogP contribution >= 0.6 is 11.8 Å². The quantitative estimate of drug-likeness (QED) is 0.891. The average molecular weight is 277 g/mol. The third-order valence-electron chi connectivity index (χ3n) is 3.80. The number of fused-ring (bicyclic) bond motifs is 3. The molecule has 4 heteroatoms. The Balaban J connectivity index is 1.86. The van der Waals surface area contributed by atoms with Crippen LogP contribution in [0.5, 0.6) is 0 Å². The fraction of sp³-hybridized carbons (Fsp3) is 0.600. The number of hydrogen-bond acceptors (Lipinski definition) is 4. The number of rotatable bonds is 5. The van der Waals surface area contributed by atoms with Crippen molar-refractivity contribution in [1.82, 2.24) is 5.32 Å². The third kappa shape index (κ3) is 2.43. The van der Waals surface area contributed by atoms with Crippen molar-refractivity contribution in [3.63, 3.8) is 0 Å². The minimum absolute atomic E-state index is 0.469. The van der Waals surface area contributed by atoms with Crippen molar-refractivity contribution in [2.45, 2.75) is 37.1 Å². The fourth-order valence-corrected chi connectivity index (χ4v) is 4.18. The van der Waals surface area contributed by atoms with Crippen molar-refractivity contribution in [3.05, 3.63) is 18.2 Å². The molecule has 0 amide bonds. The van der Waals surface area contributed by atoms with Crippen LogP contribution in [0.1, 0.15) is 26.7 Å². The summed E-state index contributed by atoms with van der Waals surface area (Å²) < 4.78 is 0. The molecule has 2 aliphatic rings. The Hall–Kier alpha value is -0.870. The van der Waals surface area contributed by atoms with E-state index >= 15 is 0 Å². The molecular weight excluding hydrogens is 254 g/mol. The zero-order valence-electron chi connectivity index (χ0n) is 11.9. The van der Waals surface area contributed by atoms with Gasteiger partial charge < -0.3 is 9.80 Å². The summed E-state index contributed by atoms with van der Waals surface area (Å²) in [6.07, 6.45) is 2.42. The maximum absolute atomic E-state index is 3.54. The molecule has 0 spiro atoms. The molecule has 1 aromatic rings. The Morgan fingerprint density at radius 3 is 2.84 bits per heavy atom. The van der Waals surface area contributed by atoms with Gasteiger partial charge in [0, 0.05) is 36.8 Å². The van der Waals surface area contributed by atoms with Gasteiger partial charge in [0.1, 0.15) is 5.50 Å². The predicted molar refractivity (Wildman–Crippen MR) is 84.2 cm³/mol. The van der Waals surface area contributed by atoms with E-state index in [0.29, 0.717) is 5.50 Å². The maximum Gasteiger partial charge on any atom is 0.133 e. The summed E-state index contributed by atoms with van der Waals surface area (Å²) in [4.78, 5) is 6.44. The highest BCUT2D eigenvalue weighted by molar-refractivity contribution is 8.00. The van der Waals surface area contributed by atoms with Gasteiger partial charge in [-0.05, 0) is 31.0 Å². The van der Waals surface area contributed by atoms with Crippen LogP contribution in [0.25, 0.3) is 0 Å². The molecule has 0 aromatic heterocycles. The summed E-state index contributed by atoms with van der Waals surface area (Å²) in [7, 11) is 0. The largest absolute Gasteiger partial charge is 0.371 e. The van der Waals surface area contributed by atoms with Gasteiger partial charge in [0.05, 0.1) is 5.69 Å². The molecule has 2 aliphatic heterocycles. The monoisotopic (exact) mass is 277 g/mol. The Morgan fingerprint density at radius 2 is 2.11 bits per heavy atom. The molecule has 2 heterocycles. The Kier molecular flexibility index (Phi) is 3.89. The molecule has 1 fully saturated rings. The molecule has 0 aliphatic carbocycles. The van der Waals surface area contributed by atoms with Crippen molar-refractivity contribution in [2.75, 3.05) is 36.0 Å². The van der Waals surface area contributed by atoms with Gasteiger partial charge in [-0.1, -0.05) is 25.6 Å². The smallest absolute Gasteiger partial charge is 0.133 e. The molecule has 3 nitrogen and oxygen atoms in total. The van der Waals surface area contributed by atoms with Gasteiger partial charge in [-0.3, -0.25) is 5.32 Å². The third-order valence-corrected chi connectivity index (χ3v) is 5.04. The van der Waals surface area contributed by atoms with Gasteiger partial charge in [-0.25, -0.2) is 0 Å². The Labute approximate surface area is 120 Å². The zero-order valence-corrected chi connectivity index (χ0v) is 12.7. The second-order valence-electron chi connectivity index (χ2n) is 5.26. The average Bonchev–Trinajstić information content (AvgIpc) is 2.98. The van der Waals surface area contributed by atoms with E-state index in [9.17, 15) is 0 Å². The van der Waals surface area contributed by atoms with Crippen LogP contribution in [0, 0.1) is 0 Å². The number of benzene rings is 1. The lowest BCUT2D eigenvalue weighted by Gasteiger charge is -2.25. The highest BCUT2D eigenvalue weighted by Crippen LogP contribution is 2.45. The molecule has 0 radical (unpaired) electrons. The highest BCUT2D eigenvalue weighted by Gasteiger charge is 2.33. The Morgan fingerprint density at radius 1 is 1.32 bits per heavy atom. The number of nitrogens with zero attached hydrogens (tertiary/aromatic N) is 2. The summed E-state index contributed by atoms with van der Waals surface area (Å²) in [5.41, 5.74) is 3.28. The molecule has 1 saturated heterocycles. The van der Waals surface area contributed by atoms with Crippen LogP contribution in [-0.4, -0.2) is 31.7 Å². The second kappa shape index (κ2) is 5.63. The Bertz CT molecular complexity index is 443. The van der Waals surface area contributed by atoms with Crippen LogP contribution < -0.4 is 15.1 Å². The van der Waals surface area contributed by atoms with Gasteiger partial charge in [0.2, 0.25) is 0 Å². The van der Waals surface area contributed by atoms with Crippen molar-refractivity contribution in [1.29, 1.82) is 0 Å². The van der Waals surface area contributed by atoms with Crippen LogP contribution in [0.4, 0.5) is 11.4 Å². The van der Waals surface area contributed by atoms with E-state index in [1.807, 2.05) is 11.8 Å². The maximum atomic E-state index is 3.54. The van der Waals surface area contributed by atoms with Crippen molar-refractivity contribution >= 4 is 23.1 Å². The number of hydrogen-bond donors (Lipinski definition) is 1. The predicted octanol–water partition coefficient (Wildman–Crippen LogP) is 3.11. The van der Waals surface area contributed by atoms with Crippen molar-refractivity contribution in [2.24, 2.45) is 0 Å². The lowest BCUT2D eigenvalue weighted by Crippen LogP contribution is -2.28. The molecule has 0 bridgehead atoms. The fourth-order valence-electron chi connectivity index (χ4n) is 2.94. The standard InChI is InChI=1S/C15H23N3S/c1-3-8-17(9-4-2)12-5-6-14-13(11-12)18-10-7-16-15(18)19-14/h5-6,11,15-16H,3-4,7-10H2,1-2H3. The molecule has 104 valence electrons. The first kappa shape index (κ1) is 13.1. The minimum atomic E-state index is 0.469. The summed E-state index contributed by atoms with van der Waals surface area (Å²) in [5.74, 6) is 0. The lowest BCUT2D eigenvalue weighted by atomic mass is 10.2. The van der Waals surface area contributed by atoms with Crippen LogP contribution in [0.15, 0.2) is 23.1 Å². The molecule has 1 unspecified atom stereocenters. The van der Waals surface area contributed by atoms with E-state index in [1.165, 1.54) is 29.1 Å². The van der Waals surface area contributed by atoms with Crippen LogP contribution in [-0.2, 0) is 0 Å². The first-order valence-corrected chi connectivity index (χ1v) is 8.27. The molecule has 0 saturated carbocycles. The van der Waals surface area contributed by atoms with Crippen LogP contribution in [0.2, 0.25) is 0 Å². The van der Waals surface area contributed by atoms with Crippen LogP contribution in [0.3, 0.4) is 0 Å². The van der Waals surface area contributed by atoms with Gasteiger partial charge in [0.25, 0.3) is 0 Å². The van der Waals surface area contributed by atoms with Gasteiger partial charge >= 0.3 is 0 Å². The molecule has 3 rings (SSSR count). The summed E-state index contributed by atoms with van der Waals surface area (Å²) in [6, 6.07) is 6.98. The van der Waals surface area contributed by atoms with E-state index < -0.39 is 0 Å². The van der Waals surface area contributed by atoms with Gasteiger partial charge in [0.15, 0.2) is 0 Å². The molecular formula is C15H23N3S. The number of anilines is 2. The lowest BCUT2D eigenvalue weighted by molar-refractivity contribution is 0.744. The van der Waals surface area contributed by atoms with Gasteiger partial charge in [-0.15, -0.1) is 0 Å². The normalized spacial score (nSPS) is 20.5. The van der Waals surface area contributed by atoms with Crippen molar-refractivity contribution < 1.29 is 0 Å². The van der Waals surface area contributed by atoms with E-state index in [-0.39, 0.29) is 0 Å². The first-order chi connectivity index (χ1) is 9.33. The molecule has 19 heavy (non-hydrogen) atoms. The molecule has 1 aromatic carbocycles. The number of thioether (sulfide) groups is 1. The topological polar surface area (TPSA) is 18.5 Å². The molecule has 1 atom stereocenters. The molecule has 1 N–H and O–H groups in total. The number of nitrogens with one attached hydrogen (secondary N) is 1. The summed E-state index contributed by atoms with van der Waals surface area (Å²) >= 11 is 1.95. The minimum Gasteiger partial charge on any atom is -0.371 e. The van der Waals surface area contributed by atoms with E-state index in [4.69, 9.17) is 0 Å². The van der Waals surface area contributed by atoms with Gasteiger partial charge in [-0.2, -0.15) is 0 Å². The summed E-state index contributed by atoms with van der Waals surface area (Å²) in [5, 5.41) is 3.54. The van der Waals surface area contributed by atoms with E-state index in [1.54, 1.807) is 0 Å². The van der Waals surface area contributed by atoms with E-state index in [0.717, 1.165) is 26.2 Å². The van der Waals surface area contributed by atoms with Crippen molar-refractivity contribution in [3.8, 4) is 0 Å². The SMILES string of the molecule is CCCN(CCC)c1ccc2c(c1)N1CCNC1S2. The highest BCUT2D eigenvalue weighted by atomic mass is 32.2. The van der Waals surface area contributed by atoms with E-state index in [2.05, 4.69) is 47.2 Å². The second-order valence-corrected chi connectivity index (χ2v) is 6.38. The zero-order chi connectivity index (χ0) is 13.2. The first-order valence-electron chi connectivity index (χ1n) is 7.39. The summed E-state index contributed by atoms with van der Waals surface area (Å²) in [6.45, 7) is 9.06.